The van der Waals surface area contributed by atoms with Crippen LogP contribution < -0.4 is 3.69 Å². The summed E-state index contributed by atoms with van der Waals surface area (Å²) in [5, 5.41) is 10.2. The van der Waals surface area contributed by atoms with Gasteiger partial charge >= 0.3 is 18.2 Å². The van der Waals surface area contributed by atoms with Gasteiger partial charge < -0.3 is 0 Å². The minimum absolute atomic E-state index is 0.156. The lowest BCUT2D eigenvalue weighted by Crippen LogP contribution is -2.06. The van der Waals surface area contributed by atoms with Crippen LogP contribution in [0.25, 0.3) is 0 Å². The van der Waals surface area contributed by atoms with Crippen LogP contribution in [0.3, 0.4) is 0 Å². The Labute approximate surface area is 79.5 Å². The fourth-order valence-corrected chi connectivity index (χ4v) is 2.24. The van der Waals surface area contributed by atoms with Gasteiger partial charge in [0.1, 0.15) is 0 Å². The van der Waals surface area contributed by atoms with Crippen molar-refractivity contribution in [2.75, 3.05) is 0 Å². The van der Waals surface area contributed by atoms with Gasteiger partial charge in [-0.1, -0.05) is 12.1 Å². The molecule has 1 aromatic rings. The number of nitro groups is 1. The van der Waals surface area contributed by atoms with E-state index in [2.05, 4.69) is 12.9 Å². The monoisotopic (exact) mass is 225 g/mol. The maximum atomic E-state index is 10.2. The van der Waals surface area contributed by atoms with Gasteiger partial charge in [-0.05, 0) is 0 Å². The zero-order valence-electron chi connectivity index (χ0n) is 5.66. The molecule has 0 amide bonds. The molecule has 0 heterocycles. The van der Waals surface area contributed by atoms with Crippen molar-refractivity contribution in [1.82, 2.24) is 0 Å². The number of non-ortho nitro benzene ring substituents is 1. The lowest BCUT2D eigenvalue weighted by Gasteiger charge is -1.92. The molecule has 0 aliphatic rings. The summed E-state index contributed by atoms with van der Waals surface area (Å²) in [4.78, 5) is 9.82. The van der Waals surface area contributed by atoms with Crippen molar-refractivity contribution in [3.05, 3.63) is 34.4 Å². The van der Waals surface area contributed by atoms with Gasteiger partial charge in [-0.3, -0.25) is 23.0 Å². The second-order valence-corrected chi connectivity index (χ2v) is 4.82. The minimum Gasteiger partial charge on any atom is -0.296 e. The van der Waals surface area contributed by atoms with Crippen LogP contribution in [0.2, 0.25) is 0 Å². The summed E-state index contributed by atoms with van der Waals surface area (Å²) in [6, 6.07) is 6.64. The summed E-state index contributed by atoms with van der Waals surface area (Å²) >= 11 is 3.03. The first-order chi connectivity index (χ1) is 5.24. The summed E-state index contributed by atoms with van der Waals surface area (Å²) in [7, 11) is 0. The van der Waals surface area contributed by atoms with Crippen LogP contribution in [-0.2, 0) is 0 Å². The Kier molecular flexibility index (Phi) is 3.29. The number of halogens is 1. The topological polar surface area (TPSA) is 43.1 Å². The molecule has 0 spiro atoms. The van der Waals surface area contributed by atoms with Crippen LogP contribution in [0.5, 0.6) is 0 Å². The maximum Gasteiger partial charge on any atom is 0.506 e. The third-order valence-corrected chi connectivity index (χ3v) is 4.02. The standard InChI is InChI=1S/C6H4NO2.BrH.Mg/c8-7(9)6-4-2-1-3-5-6;;/h2-5H;1H;/q;;+1/p-1. The molecule has 0 saturated carbocycles. The SMILES string of the molecule is O=[N+]([O-])c1cc[c]([Mg][Br])cc1. The highest BCUT2D eigenvalue weighted by Crippen LogP contribution is 2.06. The molecule has 5 heteroatoms. The normalized spacial score (nSPS) is 8.82. The van der Waals surface area contributed by atoms with Crippen LogP contribution in [0.1, 0.15) is 0 Å². The summed E-state index contributed by atoms with van der Waals surface area (Å²) < 4.78 is 1.18. The number of nitrogens with zero attached hydrogens (tertiary/aromatic N) is 1. The Morgan fingerprint density at radius 1 is 1.36 bits per heavy atom. The van der Waals surface area contributed by atoms with Crippen molar-refractivity contribution >= 4 is 40.5 Å². The summed E-state index contributed by atoms with van der Waals surface area (Å²) in [5.74, 6) is 0. The van der Waals surface area contributed by atoms with Gasteiger partial charge in [0.2, 0.25) is 0 Å². The van der Waals surface area contributed by atoms with Gasteiger partial charge in [-0.25, -0.2) is 0 Å². The molecule has 0 bridgehead atoms. The van der Waals surface area contributed by atoms with Gasteiger partial charge in [0.05, 0.1) is 4.92 Å². The van der Waals surface area contributed by atoms with Crippen molar-refractivity contribution in [1.29, 1.82) is 0 Å². The second kappa shape index (κ2) is 4.03. The average molecular weight is 226 g/mol. The van der Waals surface area contributed by atoms with Gasteiger partial charge in [-0.2, -0.15) is 3.69 Å². The molecule has 1 aromatic carbocycles. The Morgan fingerprint density at radius 3 is 2.27 bits per heavy atom. The fraction of sp³-hybridized carbons (Fsp3) is 0. The summed E-state index contributed by atoms with van der Waals surface area (Å²) in [5.41, 5.74) is 0.156. The Hall–Kier alpha value is -0.134. The van der Waals surface area contributed by atoms with Gasteiger partial charge in [0.15, 0.2) is 0 Å². The smallest absolute Gasteiger partial charge is 0.296 e. The van der Waals surface area contributed by atoms with Crippen LogP contribution in [0, 0.1) is 10.1 Å². The van der Waals surface area contributed by atoms with E-state index in [0.29, 0.717) is 0 Å². The quantitative estimate of drug-likeness (QED) is 0.432. The van der Waals surface area contributed by atoms with Crippen molar-refractivity contribution in [2.45, 2.75) is 0 Å². The Balaban J connectivity index is 2.91. The van der Waals surface area contributed by atoms with Gasteiger partial charge in [0.25, 0.3) is 5.69 Å². The lowest BCUT2D eigenvalue weighted by atomic mass is 10.3. The highest BCUT2D eigenvalue weighted by atomic mass is 79.9. The van der Waals surface area contributed by atoms with E-state index >= 15 is 0 Å². The molecule has 0 fully saturated rings. The van der Waals surface area contributed by atoms with E-state index in [0.717, 1.165) is 0 Å². The van der Waals surface area contributed by atoms with Gasteiger partial charge in [-0.15, -0.1) is 0 Å². The van der Waals surface area contributed by atoms with E-state index in [1.54, 1.807) is 12.1 Å². The lowest BCUT2D eigenvalue weighted by molar-refractivity contribution is -0.384. The average Bonchev–Trinajstić information content (AvgIpc) is 2.05. The second-order valence-electron chi connectivity index (χ2n) is 2.06. The predicted molar refractivity (Wildman–Crippen MR) is 47.4 cm³/mol. The van der Waals surface area contributed by atoms with Crippen molar-refractivity contribution in [2.24, 2.45) is 0 Å². The maximum absolute atomic E-state index is 10.2. The van der Waals surface area contributed by atoms with Crippen molar-refractivity contribution in [3.8, 4) is 0 Å². The predicted octanol–water partition coefficient (Wildman–Crippen LogP) is 1.23. The molecule has 0 unspecified atom stereocenters. The molecule has 0 atom stereocenters. The number of hydrogen-bond acceptors (Lipinski definition) is 2. The van der Waals surface area contributed by atoms with E-state index in [9.17, 15) is 10.1 Å². The Morgan fingerprint density at radius 2 is 1.91 bits per heavy atom. The van der Waals surface area contributed by atoms with E-state index < -0.39 is 0 Å². The molecule has 0 aliphatic carbocycles. The Bertz CT molecular complexity index is 262. The zero-order chi connectivity index (χ0) is 8.27. The van der Waals surface area contributed by atoms with Crippen LogP contribution in [0.15, 0.2) is 24.3 Å². The highest BCUT2D eigenvalue weighted by molar-refractivity contribution is 9.23. The van der Waals surface area contributed by atoms with Crippen molar-refractivity contribution in [3.63, 3.8) is 0 Å². The highest BCUT2D eigenvalue weighted by Gasteiger charge is 2.03. The zero-order valence-corrected chi connectivity index (χ0v) is 8.66. The molecule has 1 rings (SSSR count). The van der Waals surface area contributed by atoms with E-state index in [1.807, 2.05) is 0 Å². The summed E-state index contributed by atoms with van der Waals surface area (Å²) in [6.45, 7) is 0. The number of hydrogen-bond donors (Lipinski definition) is 0. The fourth-order valence-electron chi connectivity index (χ4n) is 0.707. The molecule has 54 valence electrons. The summed E-state index contributed by atoms with van der Waals surface area (Å²) in [6.07, 6.45) is 0. The van der Waals surface area contributed by atoms with Crippen LogP contribution in [-0.4, -0.2) is 23.1 Å². The van der Waals surface area contributed by atoms with Crippen LogP contribution >= 0.6 is 12.9 Å². The minimum atomic E-state index is -0.389. The van der Waals surface area contributed by atoms with E-state index in [-0.39, 0.29) is 28.8 Å². The molecule has 0 aliphatic heterocycles. The third kappa shape index (κ3) is 2.43. The third-order valence-electron chi connectivity index (χ3n) is 1.30. The van der Waals surface area contributed by atoms with Gasteiger partial charge in [0, 0.05) is 12.1 Å². The molecule has 3 nitrogen and oxygen atoms in total. The molecular formula is C6H4BrMgNO2. The largest absolute Gasteiger partial charge is 0.506 e. The first-order valence-corrected chi connectivity index (χ1v) is 7.64. The molecule has 0 radical (unpaired) electrons. The molecule has 0 aromatic heterocycles. The number of benzene rings is 1. The van der Waals surface area contributed by atoms with E-state index in [4.69, 9.17) is 0 Å². The molecule has 0 saturated heterocycles. The first-order valence-electron chi connectivity index (χ1n) is 3.03. The molecule has 11 heavy (non-hydrogen) atoms. The molecular weight excluding hydrogens is 222 g/mol. The van der Waals surface area contributed by atoms with E-state index in [1.165, 1.54) is 15.8 Å². The first kappa shape index (κ1) is 8.96. The number of nitro benzene ring substituents is 1. The molecule has 0 N–H and O–H groups in total. The number of rotatable bonds is 2. The van der Waals surface area contributed by atoms with Crippen LogP contribution in [0.4, 0.5) is 5.69 Å². The van der Waals surface area contributed by atoms with Crippen molar-refractivity contribution < 1.29 is 4.92 Å².